The normalized spacial score (nSPS) is 11.1. The second-order valence-electron chi connectivity index (χ2n) is 6.09. The zero-order valence-corrected chi connectivity index (χ0v) is 13.9. The van der Waals surface area contributed by atoms with Gasteiger partial charge in [0, 0.05) is 12.1 Å². The van der Waals surface area contributed by atoms with Crippen molar-refractivity contribution >= 4 is 11.9 Å². The molecule has 0 saturated carbocycles. The van der Waals surface area contributed by atoms with E-state index in [-0.39, 0.29) is 12.5 Å². The van der Waals surface area contributed by atoms with E-state index in [4.69, 9.17) is 9.84 Å². The Kier molecular flexibility index (Phi) is 5.23. The second kappa shape index (κ2) is 7.16. The molecule has 0 aliphatic rings. The number of amides is 1. The lowest BCUT2D eigenvalue weighted by Gasteiger charge is -2.18. The van der Waals surface area contributed by atoms with Gasteiger partial charge in [-0.1, -0.05) is 0 Å². The molecule has 2 aromatic rings. The highest BCUT2D eigenvalue weighted by molar-refractivity contribution is 5.93. The summed E-state index contributed by atoms with van der Waals surface area (Å²) in [7, 11) is 1.59. The van der Waals surface area contributed by atoms with E-state index in [1.54, 1.807) is 27.0 Å². The molecule has 0 radical (unpaired) electrons. The Labute approximate surface area is 140 Å². The number of H-pyrrole nitrogens is 1. The van der Waals surface area contributed by atoms with Crippen LogP contribution in [0.5, 0.6) is 5.75 Å². The quantitative estimate of drug-likeness (QED) is 0.722. The van der Waals surface area contributed by atoms with Gasteiger partial charge in [0.05, 0.1) is 18.2 Å². The maximum absolute atomic E-state index is 12.1. The molecule has 7 heteroatoms. The minimum atomic E-state index is -0.889. The molecule has 0 aliphatic carbocycles. The average Bonchev–Trinajstić information content (AvgIpc) is 3.04. The van der Waals surface area contributed by atoms with Gasteiger partial charge in [-0.05, 0) is 50.6 Å². The van der Waals surface area contributed by atoms with Crippen LogP contribution < -0.4 is 10.1 Å². The molecule has 0 bridgehead atoms. The van der Waals surface area contributed by atoms with Gasteiger partial charge in [0.2, 0.25) is 0 Å². The number of ether oxygens (including phenoxy) is 1. The molecule has 0 atom stereocenters. The molecule has 0 unspecified atom stereocenters. The maximum Gasteiger partial charge on any atom is 0.309 e. The zero-order valence-electron chi connectivity index (χ0n) is 13.9. The van der Waals surface area contributed by atoms with Crippen molar-refractivity contribution in [2.24, 2.45) is 5.41 Å². The van der Waals surface area contributed by atoms with E-state index in [9.17, 15) is 9.59 Å². The van der Waals surface area contributed by atoms with Crippen LogP contribution in [0.3, 0.4) is 0 Å². The van der Waals surface area contributed by atoms with Gasteiger partial charge in [-0.2, -0.15) is 5.10 Å². The highest BCUT2D eigenvalue weighted by atomic mass is 16.5. The van der Waals surface area contributed by atoms with Crippen LogP contribution >= 0.6 is 0 Å². The number of carboxylic acid groups (broad SMARTS) is 1. The second-order valence-corrected chi connectivity index (χ2v) is 6.09. The third-order valence-electron chi connectivity index (χ3n) is 3.82. The molecule has 0 saturated heterocycles. The number of benzene rings is 1. The van der Waals surface area contributed by atoms with E-state index in [0.29, 0.717) is 17.8 Å². The highest BCUT2D eigenvalue weighted by Gasteiger charge is 2.26. The molecule has 0 fully saturated rings. The van der Waals surface area contributed by atoms with E-state index < -0.39 is 11.4 Å². The first-order chi connectivity index (χ1) is 11.3. The fourth-order valence-electron chi connectivity index (χ4n) is 2.04. The summed E-state index contributed by atoms with van der Waals surface area (Å²) in [5, 5.41) is 18.6. The number of hydrogen-bond donors (Lipinski definition) is 3. The summed E-state index contributed by atoms with van der Waals surface area (Å²) in [6.45, 7) is 3.52. The van der Waals surface area contributed by atoms with Gasteiger partial charge in [0.1, 0.15) is 11.4 Å². The minimum absolute atomic E-state index is 0.273. The third-order valence-corrected chi connectivity index (χ3v) is 3.82. The van der Waals surface area contributed by atoms with Crippen molar-refractivity contribution in [1.82, 2.24) is 15.5 Å². The van der Waals surface area contributed by atoms with Gasteiger partial charge < -0.3 is 15.2 Å². The molecule has 24 heavy (non-hydrogen) atoms. The van der Waals surface area contributed by atoms with Gasteiger partial charge in [0.25, 0.3) is 5.91 Å². The Morgan fingerprint density at radius 2 is 1.96 bits per heavy atom. The number of nitrogens with one attached hydrogen (secondary N) is 2. The van der Waals surface area contributed by atoms with Crippen molar-refractivity contribution in [3.05, 3.63) is 36.0 Å². The number of aliphatic carboxylic acids is 1. The summed E-state index contributed by atoms with van der Waals surface area (Å²) in [6.07, 6.45) is 0.341. The first-order valence-electron chi connectivity index (χ1n) is 7.55. The summed E-state index contributed by atoms with van der Waals surface area (Å²) < 4.78 is 5.10. The summed E-state index contributed by atoms with van der Waals surface area (Å²) >= 11 is 0. The Morgan fingerprint density at radius 1 is 1.29 bits per heavy atom. The number of nitrogens with zero attached hydrogens (tertiary/aromatic N) is 1. The van der Waals surface area contributed by atoms with Crippen molar-refractivity contribution in [2.45, 2.75) is 20.3 Å². The molecule has 1 amide bonds. The van der Waals surface area contributed by atoms with Crippen LogP contribution in [0.1, 0.15) is 30.8 Å². The van der Waals surface area contributed by atoms with Gasteiger partial charge in [-0.15, -0.1) is 0 Å². The predicted octanol–water partition coefficient (Wildman–Crippen LogP) is 2.32. The first-order valence-corrected chi connectivity index (χ1v) is 7.55. The molecule has 7 nitrogen and oxygen atoms in total. The first kappa shape index (κ1) is 17.5. The van der Waals surface area contributed by atoms with Gasteiger partial charge in [-0.25, -0.2) is 0 Å². The number of methoxy groups -OCH3 is 1. The molecule has 3 N–H and O–H groups in total. The smallest absolute Gasteiger partial charge is 0.309 e. The fourth-order valence-corrected chi connectivity index (χ4v) is 2.04. The number of carbonyl (C=O) groups excluding carboxylic acids is 1. The van der Waals surface area contributed by atoms with Crippen LogP contribution in [0.4, 0.5) is 0 Å². The molecule has 0 aliphatic heterocycles. The summed E-state index contributed by atoms with van der Waals surface area (Å²) in [5.41, 5.74) is 0.955. The molecule has 1 heterocycles. The van der Waals surface area contributed by atoms with Crippen molar-refractivity contribution < 1.29 is 19.4 Å². The molecular weight excluding hydrogens is 310 g/mol. The molecule has 2 rings (SSSR count). The van der Waals surface area contributed by atoms with Gasteiger partial charge in [-0.3, -0.25) is 14.7 Å². The van der Waals surface area contributed by atoms with Crippen molar-refractivity contribution in [2.75, 3.05) is 13.7 Å². The van der Waals surface area contributed by atoms with Crippen LogP contribution in [0.15, 0.2) is 30.3 Å². The SMILES string of the molecule is COc1ccc(-c2cc(C(=O)NCCC(C)(C)C(=O)O)[nH]n2)cc1. The van der Waals surface area contributed by atoms with Gasteiger partial charge >= 0.3 is 5.97 Å². The number of rotatable bonds is 7. The summed E-state index contributed by atoms with van der Waals surface area (Å²) in [5.74, 6) is -0.461. The number of aromatic nitrogens is 2. The molecule has 0 spiro atoms. The largest absolute Gasteiger partial charge is 0.497 e. The summed E-state index contributed by atoms with van der Waals surface area (Å²) in [6, 6.07) is 8.99. The van der Waals surface area contributed by atoms with E-state index in [0.717, 1.165) is 11.3 Å². The minimum Gasteiger partial charge on any atom is -0.497 e. The molecule has 1 aromatic heterocycles. The van der Waals surface area contributed by atoms with Crippen molar-refractivity contribution in [1.29, 1.82) is 0 Å². The van der Waals surface area contributed by atoms with E-state index in [2.05, 4.69) is 15.5 Å². The number of carboxylic acids is 1. The molecule has 1 aromatic carbocycles. The monoisotopic (exact) mass is 331 g/mol. The Bertz CT molecular complexity index is 720. The third kappa shape index (κ3) is 4.13. The van der Waals surface area contributed by atoms with Crippen LogP contribution in [-0.4, -0.2) is 40.8 Å². The predicted molar refractivity (Wildman–Crippen MR) is 88.9 cm³/mol. The van der Waals surface area contributed by atoms with E-state index in [1.165, 1.54) is 0 Å². The zero-order chi connectivity index (χ0) is 17.7. The lowest BCUT2D eigenvalue weighted by atomic mass is 9.90. The van der Waals surface area contributed by atoms with Crippen LogP contribution in [0.25, 0.3) is 11.3 Å². The maximum atomic E-state index is 12.1. The van der Waals surface area contributed by atoms with E-state index >= 15 is 0 Å². The van der Waals surface area contributed by atoms with Crippen molar-refractivity contribution in [3.63, 3.8) is 0 Å². The molecular formula is C17H21N3O4. The van der Waals surface area contributed by atoms with Crippen LogP contribution in [0.2, 0.25) is 0 Å². The summed E-state index contributed by atoms with van der Waals surface area (Å²) in [4.78, 5) is 23.1. The lowest BCUT2D eigenvalue weighted by molar-refractivity contribution is -0.147. The lowest BCUT2D eigenvalue weighted by Crippen LogP contribution is -2.32. The number of hydrogen-bond acceptors (Lipinski definition) is 4. The highest BCUT2D eigenvalue weighted by Crippen LogP contribution is 2.21. The number of carbonyl (C=O) groups is 2. The topological polar surface area (TPSA) is 104 Å². The Morgan fingerprint density at radius 3 is 2.54 bits per heavy atom. The number of aromatic amines is 1. The standard InChI is InChI=1S/C17H21N3O4/c1-17(2,16(22)23)8-9-18-15(21)14-10-13(19-20-14)11-4-6-12(24-3)7-5-11/h4-7,10H,8-9H2,1-3H3,(H,18,21)(H,19,20)(H,22,23). The van der Waals surface area contributed by atoms with Crippen LogP contribution in [-0.2, 0) is 4.79 Å². The van der Waals surface area contributed by atoms with Crippen LogP contribution in [0, 0.1) is 5.41 Å². The van der Waals surface area contributed by atoms with Crippen molar-refractivity contribution in [3.8, 4) is 17.0 Å². The Balaban J connectivity index is 1.97. The average molecular weight is 331 g/mol. The molecule has 128 valence electrons. The fraction of sp³-hybridized carbons (Fsp3) is 0.353. The van der Waals surface area contributed by atoms with Gasteiger partial charge in [0.15, 0.2) is 0 Å². The van der Waals surface area contributed by atoms with E-state index in [1.807, 2.05) is 24.3 Å². The Hall–Kier alpha value is -2.83.